The lowest BCUT2D eigenvalue weighted by Crippen LogP contribution is -2.46. The third kappa shape index (κ3) is 4.03. The Labute approximate surface area is 180 Å². The van der Waals surface area contributed by atoms with E-state index in [2.05, 4.69) is 26.9 Å². The second kappa shape index (κ2) is 8.25. The quantitative estimate of drug-likeness (QED) is 0.593. The van der Waals surface area contributed by atoms with Crippen LogP contribution in [0.2, 0.25) is 0 Å². The number of hydrogen-bond acceptors (Lipinski definition) is 5. The average molecular weight is 413 g/mol. The van der Waals surface area contributed by atoms with Crippen LogP contribution >= 0.6 is 0 Å². The predicted molar refractivity (Wildman–Crippen MR) is 115 cm³/mol. The van der Waals surface area contributed by atoms with Gasteiger partial charge in [-0.2, -0.15) is 10.4 Å². The number of carbonyl (C=O) groups excluding carboxylic acids is 1. The van der Waals surface area contributed by atoms with Gasteiger partial charge in [-0.15, -0.1) is 0 Å². The summed E-state index contributed by atoms with van der Waals surface area (Å²) in [4.78, 5) is 12.8. The number of piperidine rings is 1. The fourth-order valence-corrected chi connectivity index (χ4v) is 4.58. The molecule has 0 spiro atoms. The van der Waals surface area contributed by atoms with E-state index in [-0.39, 0.29) is 23.9 Å². The number of carbonyl (C=O) groups is 1. The van der Waals surface area contributed by atoms with Crippen molar-refractivity contribution in [2.75, 3.05) is 0 Å². The molecular formula is C24H23N5O2. The summed E-state index contributed by atoms with van der Waals surface area (Å²) in [6.45, 7) is 0. The number of benzene rings is 2. The molecule has 4 atom stereocenters. The van der Waals surface area contributed by atoms with Gasteiger partial charge < -0.3 is 15.4 Å². The van der Waals surface area contributed by atoms with Crippen molar-refractivity contribution in [2.45, 2.75) is 37.4 Å². The Kier molecular flexibility index (Phi) is 5.14. The molecule has 1 aromatic heterocycles. The summed E-state index contributed by atoms with van der Waals surface area (Å²) in [6, 6.07) is 21.8. The molecule has 0 aliphatic carbocycles. The summed E-state index contributed by atoms with van der Waals surface area (Å²) in [5.41, 5.74) is 1.88. The van der Waals surface area contributed by atoms with Gasteiger partial charge in [0.15, 0.2) is 5.69 Å². The molecule has 2 aliphatic rings. The number of rotatable bonds is 5. The first-order valence-corrected chi connectivity index (χ1v) is 10.5. The van der Waals surface area contributed by atoms with Crippen LogP contribution in [0.5, 0.6) is 11.5 Å². The number of para-hydroxylation sites is 2. The molecule has 156 valence electrons. The number of aromatic nitrogens is 2. The predicted octanol–water partition coefficient (Wildman–Crippen LogP) is 3.63. The highest BCUT2D eigenvalue weighted by Crippen LogP contribution is 2.33. The number of nitrogens with zero attached hydrogens (tertiary/aromatic N) is 2. The zero-order valence-electron chi connectivity index (χ0n) is 16.9. The summed E-state index contributed by atoms with van der Waals surface area (Å²) < 4.78 is 6.03. The molecule has 2 bridgehead atoms. The normalized spacial score (nSPS) is 24.4. The number of nitrogens with one attached hydrogen (secondary N) is 3. The Bertz CT molecular complexity index is 1120. The molecule has 2 aliphatic heterocycles. The summed E-state index contributed by atoms with van der Waals surface area (Å²) in [7, 11) is 0. The van der Waals surface area contributed by atoms with Crippen LogP contribution in [0.4, 0.5) is 0 Å². The number of fused-ring (bicyclic) bond motifs is 2. The van der Waals surface area contributed by atoms with Crippen molar-refractivity contribution in [1.29, 1.82) is 5.26 Å². The molecule has 5 rings (SSSR count). The van der Waals surface area contributed by atoms with Crippen molar-refractivity contribution < 1.29 is 9.53 Å². The van der Waals surface area contributed by atoms with Gasteiger partial charge in [-0.25, -0.2) is 0 Å². The molecule has 31 heavy (non-hydrogen) atoms. The highest BCUT2D eigenvalue weighted by molar-refractivity contribution is 5.93. The maximum Gasteiger partial charge on any atom is 0.272 e. The fourth-order valence-electron chi connectivity index (χ4n) is 4.58. The molecule has 0 saturated carbocycles. The first-order valence-electron chi connectivity index (χ1n) is 10.5. The molecule has 0 radical (unpaired) electrons. The molecule has 3 N–H and O–H groups in total. The Balaban J connectivity index is 1.31. The molecule has 2 fully saturated rings. The van der Waals surface area contributed by atoms with Crippen LogP contribution in [0.3, 0.4) is 0 Å². The van der Waals surface area contributed by atoms with E-state index >= 15 is 0 Å². The second-order valence-electron chi connectivity index (χ2n) is 8.16. The van der Waals surface area contributed by atoms with E-state index in [1.54, 1.807) is 6.07 Å². The van der Waals surface area contributed by atoms with Crippen LogP contribution in [0.15, 0.2) is 60.7 Å². The lowest BCUT2D eigenvalue weighted by atomic mass is 9.93. The number of hydrogen-bond donors (Lipinski definition) is 3. The van der Waals surface area contributed by atoms with Crippen molar-refractivity contribution in [2.24, 2.45) is 5.92 Å². The molecule has 3 aromatic rings. The second-order valence-corrected chi connectivity index (χ2v) is 8.16. The topological polar surface area (TPSA) is 103 Å². The van der Waals surface area contributed by atoms with Gasteiger partial charge in [0.25, 0.3) is 5.91 Å². The van der Waals surface area contributed by atoms with Crippen molar-refractivity contribution >= 4 is 5.91 Å². The van der Waals surface area contributed by atoms with E-state index in [0.29, 0.717) is 23.2 Å². The SMILES string of the molecule is N#CC1CC2C[C@H](NC(=O)c3cc(-c4ccccc4Oc4ccccc4)[nH]n3)[C@H](C1)N2. The lowest BCUT2D eigenvalue weighted by molar-refractivity contribution is 0.0927. The average Bonchev–Trinajstić information content (AvgIpc) is 3.39. The van der Waals surface area contributed by atoms with Crippen LogP contribution in [-0.4, -0.2) is 34.2 Å². The number of H-pyrrole nitrogens is 1. The highest BCUT2D eigenvalue weighted by Gasteiger charge is 2.41. The summed E-state index contributed by atoms with van der Waals surface area (Å²) in [5, 5.41) is 23.1. The van der Waals surface area contributed by atoms with Crippen LogP contribution in [0.1, 0.15) is 29.8 Å². The zero-order valence-corrected chi connectivity index (χ0v) is 16.9. The Hall–Kier alpha value is -3.63. The van der Waals surface area contributed by atoms with Gasteiger partial charge in [0.05, 0.1) is 11.8 Å². The number of aromatic amines is 1. The largest absolute Gasteiger partial charge is 0.457 e. The van der Waals surface area contributed by atoms with Crippen LogP contribution < -0.4 is 15.4 Å². The van der Waals surface area contributed by atoms with Crippen molar-refractivity contribution in [3.8, 4) is 28.8 Å². The fraction of sp³-hybridized carbons (Fsp3) is 0.292. The van der Waals surface area contributed by atoms with E-state index in [9.17, 15) is 10.1 Å². The molecular weight excluding hydrogens is 390 g/mol. The summed E-state index contributed by atoms with van der Waals surface area (Å²) >= 11 is 0. The first kappa shape index (κ1) is 19.3. The van der Waals surface area contributed by atoms with E-state index < -0.39 is 0 Å². The van der Waals surface area contributed by atoms with Gasteiger partial charge in [0.2, 0.25) is 0 Å². The van der Waals surface area contributed by atoms with Gasteiger partial charge in [-0.1, -0.05) is 30.3 Å². The molecule has 2 aromatic carbocycles. The Morgan fingerprint density at radius 3 is 2.74 bits per heavy atom. The standard InChI is InChI=1S/C24H23N5O2/c25-14-15-10-16-12-21(20(11-15)26-16)27-24(30)22-13-19(28-29-22)18-8-4-5-9-23(18)31-17-6-2-1-3-7-17/h1-9,13,15-16,20-21,26H,10-12H2,(H,27,30)(H,28,29)/t15?,16?,20-,21-/m0/s1. The molecule has 7 heteroatoms. The molecule has 2 saturated heterocycles. The van der Waals surface area contributed by atoms with Gasteiger partial charge in [0.1, 0.15) is 11.5 Å². The van der Waals surface area contributed by atoms with Gasteiger partial charge >= 0.3 is 0 Å². The van der Waals surface area contributed by atoms with Crippen molar-refractivity contribution in [3.63, 3.8) is 0 Å². The number of amides is 1. The maximum absolute atomic E-state index is 12.8. The van der Waals surface area contributed by atoms with E-state index in [4.69, 9.17) is 4.74 Å². The lowest BCUT2D eigenvalue weighted by Gasteiger charge is -2.26. The summed E-state index contributed by atoms with van der Waals surface area (Å²) in [6.07, 6.45) is 2.47. The van der Waals surface area contributed by atoms with Crippen molar-refractivity contribution in [1.82, 2.24) is 20.8 Å². The molecule has 7 nitrogen and oxygen atoms in total. The Morgan fingerprint density at radius 1 is 1.10 bits per heavy atom. The van der Waals surface area contributed by atoms with Gasteiger partial charge in [-0.05, 0) is 49.6 Å². The Morgan fingerprint density at radius 2 is 1.90 bits per heavy atom. The highest BCUT2D eigenvalue weighted by atomic mass is 16.5. The van der Waals surface area contributed by atoms with Crippen LogP contribution in [0.25, 0.3) is 11.3 Å². The zero-order chi connectivity index (χ0) is 21.2. The number of ether oxygens (including phenoxy) is 1. The maximum atomic E-state index is 12.8. The first-order chi connectivity index (χ1) is 15.2. The van der Waals surface area contributed by atoms with Gasteiger partial charge in [-0.3, -0.25) is 9.89 Å². The van der Waals surface area contributed by atoms with E-state index in [1.165, 1.54) is 0 Å². The minimum atomic E-state index is -0.211. The van der Waals surface area contributed by atoms with E-state index in [1.807, 2.05) is 54.6 Å². The molecule has 3 heterocycles. The van der Waals surface area contributed by atoms with E-state index in [0.717, 1.165) is 30.6 Å². The monoisotopic (exact) mass is 413 g/mol. The number of nitriles is 1. The third-order valence-electron chi connectivity index (χ3n) is 6.04. The van der Waals surface area contributed by atoms with Gasteiger partial charge in [0, 0.05) is 29.6 Å². The smallest absolute Gasteiger partial charge is 0.272 e. The minimum Gasteiger partial charge on any atom is -0.457 e. The van der Waals surface area contributed by atoms with Crippen molar-refractivity contribution in [3.05, 3.63) is 66.4 Å². The molecule has 2 unspecified atom stereocenters. The van der Waals surface area contributed by atoms with Crippen LogP contribution in [-0.2, 0) is 0 Å². The van der Waals surface area contributed by atoms with Crippen LogP contribution in [0, 0.1) is 17.2 Å². The third-order valence-corrected chi connectivity index (χ3v) is 6.04. The molecule has 1 amide bonds. The minimum absolute atomic E-state index is 0.0182. The summed E-state index contributed by atoms with van der Waals surface area (Å²) in [5.74, 6) is 1.27.